The summed E-state index contributed by atoms with van der Waals surface area (Å²) in [7, 11) is 1.70. The van der Waals surface area contributed by atoms with Crippen LogP contribution in [0, 0.1) is 0 Å². The Morgan fingerprint density at radius 2 is 1.80 bits per heavy atom. The topological polar surface area (TPSA) is 21.3 Å². The van der Waals surface area contributed by atoms with Crippen LogP contribution in [0.15, 0.2) is 60.7 Å². The van der Waals surface area contributed by atoms with E-state index in [0.29, 0.717) is 5.02 Å². The predicted molar refractivity (Wildman–Crippen MR) is 104 cm³/mol. The number of rotatable bonds is 2. The molecule has 4 heteroatoms. The number of anilines is 1. The fourth-order valence-electron chi connectivity index (χ4n) is 3.56. The van der Waals surface area contributed by atoms with E-state index in [1.54, 1.807) is 7.11 Å². The fraction of sp³-hybridized carbons (Fsp3) is 0.143. The Morgan fingerprint density at radius 1 is 0.960 bits per heavy atom. The zero-order valence-corrected chi connectivity index (χ0v) is 15.2. The maximum atomic E-state index is 6.58. The molecule has 3 aromatic carbocycles. The van der Waals surface area contributed by atoms with Crippen molar-refractivity contribution in [2.45, 2.75) is 12.5 Å². The Hall–Kier alpha value is -2.16. The maximum Gasteiger partial charge on any atom is 0.123 e. The fourth-order valence-corrected chi connectivity index (χ4v) is 3.99. The average Bonchev–Trinajstić information content (AvgIpc) is 2.78. The van der Waals surface area contributed by atoms with Crippen molar-refractivity contribution in [3.8, 4) is 5.75 Å². The number of fused-ring (bicyclic) bond motifs is 2. The Kier molecular flexibility index (Phi) is 4.32. The summed E-state index contributed by atoms with van der Waals surface area (Å²) >= 11 is 12.9. The Morgan fingerprint density at radius 3 is 2.60 bits per heavy atom. The molecule has 4 rings (SSSR count). The van der Waals surface area contributed by atoms with Gasteiger partial charge in [-0.25, -0.2) is 0 Å². The third-order valence-electron chi connectivity index (χ3n) is 4.68. The lowest BCUT2D eigenvalue weighted by Crippen LogP contribution is -2.08. The van der Waals surface area contributed by atoms with E-state index in [-0.39, 0.29) is 5.92 Å². The van der Waals surface area contributed by atoms with Gasteiger partial charge in [0.1, 0.15) is 5.75 Å². The van der Waals surface area contributed by atoms with Gasteiger partial charge in [0.2, 0.25) is 0 Å². The summed E-state index contributed by atoms with van der Waals surface area (Å²) in [5.41, 5.74) is 5.53. The van der Waals surface area contributed by atoms with E-state index in [4.69, 9.17) is 27.9 Å². The molecule has 1 aliphatic heterocycles. The van der Waals surface area contributed by atoms with Gasteiger partial charge in [-0.05, 0) is 47.0 Å². The minimum absolute atomic E-state index is 0.0523. The minimum Gasteiger partial charge on any atom is -0.496 e. The molecular formula is C21H17Cl2NO. The standard InChI is InChI=1S/C21H17Cl2NO/c1-25-19-8-4-5-13-12-24-18-10-9-14(22)11-16(18)21(20(13)19)15-6-2-3-7-17(15)23/h2-11,21,24H,12H2,1H3. The first-order valence-corrected chi connectivity index (χ1v) is 8.88. The maximum absolute atomic E-state index is 6.58. The van der Waals surface area contributed by atoms with Crippen molar-refractivity contribution in [2.24, 2.45) is 0 Å². The molecule has 0 fully saturated rings. The Labute approximate surface area is 157 Å². The van der Waals surface area contributed by atoms with Crippen molar-refractivity contribution in [2.75, 3.05) is 12.4 Å². The summed E-state index contributed by atoms with van der Waals surface area (Å²) in [5, 5.41) is 4.96. The van der Waals surface area contributed by atoms with Crippen LogP contribution in [-0.2, 0) is 6.54 Å². The summed E-state index contributed by atoms with van der Waals surface area (Å²) in [4.78, 5) is 0. The molecule has 0 aliphatic carbocycles. The smallest absolute Gasteiger partial charge is 0.123 e. The van der Waals surface area contributed by atoms with Crippen LogP contribution >= 0.6 is 23.2 Å². The van der Waals surface area contributed by atoms with Crippen LogP contribution in [0.25, 0.3) is 0 Å². The summed E-state index contributed by atoms with van der Waals surface area (Å²) in [5.74, 6) is 0.806. The van der Waals surface area contributed by atoms with Crippen molar-refractivity contribution in [3.63, 3.8) is 0 Å². The SMILES string of the molecule is COc1cccc2c1C(c1ccccc1Cl)c1cc(Cl)ccc1NC2. The van der Waals surface area contributed by atoms with Gasteiger partial charge in [-0.3, -0.25) is 0 Å². The van der Waals surface area contributed by atoms with E-state index >= 15 is 0 Å². The average molecular weight is 370 g/mol. The number of methoxy groups -OCH3 is 1. The summed E-state index contributed by atoms with van der Waals surface area (Å²) < 4.78 is 5.70. The molecule has 3 aromatic rings. The monoisotopic (exact) mass is 369 g/mol. The first-order valence-electron chi connectivity index (χ1n) is 8.12. The highest BCUT2D eigenvalue weighted by atomic mass is 35.5. The van der Waals surface area contributed by atoms with Gasteiger partial charge >= 0.3 is 0 Å². The second kappa shape index (κ2) is 6.62. The number of hydrogen-bond donors (Lipinski definition) is 1. The number of nitrogens with one attached hydrogen (secondary N) is 1. The van der Waals surface area contributed by atoms with Gasteiger partial charge in [-0.15, -0.1) is 0 Å². The Balaban J connectivity index is 2.07. The van der Waals surface area contributed by atoms with Crippen LogP contribution < -0.4 is 10.1 Å². The van der Waals surface area contributed by atoms with E-state index in [1.165, 1.54) is 5.56 Å². The molecule has 0 saturated carbocycles. The zero-order valence-electron chi connectivity index (χ0n) is 13.7. The molecule has 25 heavy (non-hydrogen) atoms. The first kappa shape index (κ1) is 16.3. The third kappa shape index (κ3) is 2.86. The van der Waals surface area contributed by atoms with Crippen LogP contribution in [0.1, 0.15) is 28.2 Å². The summed E-state index contributed by atoms with van der Waals surface area (Å²) in [6, 6.07) is 20.0. The number of ether oxygens (including phenoxy) is 1. The van der Waals surface area contributed by atoms with E-state index in [1.807, 2.05) is 48.5 Å². The molecule has 2 nitrogen and oxygen atoms in total. The Bertz CT molecular complexity index is 939. The molecule has 126 valence electrons. The molecule has 0 aromatic heterocycles. The lowest BCUT2D eigenvalue weighted by molar-refractivity contribution is 0.408. The van der Waals surface area contributed by atoms with Gasteiger partial charge in [-0.2, -0.15) is 0 Å². The second-order valence-electron chi connectivity index (χ2n) is 6.07. The molecule has 1 atom stereocenters. The number of benzene rings is 3. The highest BCUT2D eigenvalue weighted by molar-refractivity contribution is 6.31. The van der Waals surface area contributed by atoms with Crippen LogP contribution in [0.2, 0.25) is 10.0 Å². The van der Waals surface area contributed by atoms with Crippen molar-refractivity contribution in [3.05, 3.63) is 93.0 Å². The van der Waals surface area contributed by atoms with Crippen LogP contribution in [0.4, 0.5) is 5.69 Å². The molecule has 0 amide bonds. The molecule has 0 bridgehead atoms. The molecule has 1 heterocycles. The minimum atomic E-state index is -0.0523. The van der Waals surface area contributed by atoms with Gasteiger partial charge in [0.25, 0.3) is 0 Å². The summed E-state index contributed by atoms with van der Waals surface area (Å²) in [6.07, 6.45) is 0. The molecular weight excluding hydrogens is 353 g/mol. The lowest BCUT2D eigenvalue weighted by atomic mass is 9.82. The van der Waals surface area contributed by atoms with Crippen molar-refractivity contribution >= 4 is 28.9 Å². The lowest BCUT2D eigenvalue weighted by Gasteiger charge is -2.23. The quantitative estimate of drug-likeness (QED) is 0.588. The van der Waals surface area contributed by atoms with Gasteiger partial charge < -0.3 is 10.1 Å². The van der Waals surface area contributed by atoms with Gasteiger partial charge in [0.05, 0.1) is 7.11 Å². The van der Waals surface area contributed by atoms with Gasteiger partial charge in [0, 0.05) is 33.8 Å². The molecule has 1 unspecified atom stereocenters. The van der Waals surface area contributed by atoms with E-state index in [9.17, 15) is 0 Å². The summed E-state index contributed by atoms with van der Waals surface area (Å²) in [6.45, 7) is 0.724. The first-order chi connectivity index (χ1) is 12.2. The van der Waals surface area contributed by atoms with E-state index < -0.39 is 0 Å². The number of halogens is 2. The molecule has 0 saturated heterocycles. The van der Waals surface area contributed by atoms with Crippen molar-refractivity contribution in [1.29, 1.82) is 0 Å². The number of hydrogen-bond acceptors (Lipinski definition) is 2. The molecule has 0 radical (unpaired) electrons. The van der Waals surface area contributed by atoms with Gasteiger partial charge in [0.15, 0.2) is 0 Å². The van der Waals surface area contributed by atoms with Gasteiger partial charge in [-0.1, -0.05) is 53.5 Å². The molecule has 0 spiro atoms. The largest absolute Gasteiger partial charge is 0.496 e. The molecule has 1 N–H and O–H groups in total. The van der Waals surface area contributed by atoms with Crippen LogP contribution in [-0.4, -0.2) is 7.11 Å². The molecule has 1 aliphatic rings. The predicted octanol–water partition coefficient (Wildman–Crippen LogP) is 6.11. The zero-order chi connectivity index (χ0) is 17.4. The highest BCUT2D eigenvalue weighted by Crippen LogP contribution is 2.46. The van der Waals surface area contributed by atoms with Crippen molar-refractivity contribution in [1.82, 2.24) is 0 Å². The highest BCUT2D eigenvalue weighted by Gasteiger charge is 2.29. The van der Waals surface area contributed by atoms with Crippen molar-refractivity contribution < 1.29 is 4.74 Å². The third-order valence-corrected chi connectivity index (χ3v) is 5.25. The van der Waals surface area contributed by atoms with E-state index in [2.05, 4.69) is 17.4 Å². The van der Waals surface area contributed by atoms with Crippen LogP contribution in [0.5, 0.6) is 5.75 Å². The van der Waals surface area contributed by atoms with Crippen LogP contribution in [0.3, 0.4) is 0 Å². The second-order valence-corrected chi connectivity index (χ2v) is 6.92. The van der Waals surface area contributed by atoms with E-state index in [0.717, 1.165) is 39.7 Å². The normalized spacial score (nSPS) is 15.6.